The van der Waals surface area contributed by atoms with Crippen LogP contribution in [-0.2, 0) is 24.0 Å². The zero-order chi connectivity index (χ0) is 24.8. The van der Waals surface area contributed by atoms with Gasteiger partial charge >= 0.3 is 11.0 Å². The molecule has 1 N–H and O–H groups in total. The van der Waals surface area contributed by atoms with Crippen molar-refractivity contribution in [3.8, 4) is 11.6 Å². The first-order valence-electron chi connectivity index (χ1n) is 11.9. The molecule has 3 aromatic rings. The minimum absolute atomic E-state index is 0.243. The third kappa shape index (κ3) is 6.49. The topological polar surface area (TPSA) is 93.9 Å². The maximum absolute atomic E-state index is 12.5. The summed E-state index contributed by atoms with van der Waals surface area (Å²) in [5.74, 6) is 0.385. The van der Waals surface area contributed by atoms with E-state index in [4.69, 9.17) is 9.47 Å². The first-order chi connectivity index (χ1) is 16.9. The number of likely N-dealkylation sites (tertiary alicyclic amines) is 1. The number of hydrogen-bond donors (Lipinski definition) is 1. The van der Waals surface area contributed by atoms with E-state index in [1.807, 2.05) is 43.6 Å². The number of carbonyl (C=O) groups is 1. The van der Waals surface area contributed by atoms with Crippen LogP contribution in [0.5, 0.6) is 11.6 Å². The van der Waals surface area contributed by atoms with Gasteiger partial charge in [-0.2, -0.15) is 4.57 Å². The molecular weight excluding hydrogens is 466 g/mol. The number of aromatic nitrogens is 2. The normalized spacial score (nSPS) is 14.7. The van der Waals surface area contributed by atoms with Crippen LogP contribution in [0.25, 0.3) is 0 Å². The van der Waals surface area contributed by atoms with Gasteiger partial charge in [-0.1, -0.05) is 36.5 Å². The molecule has 35 heavy (non-hydrogen) atoms. The van der Waals surface area contributed by atoms with Gasteiger partial charge in [0.05, 0.1) is 11.5 Å². The molecule has 1 fully saturated rings. The van der Waals surface area contributed by atoms with E-state index in [2.05, 4.69) is 22.9 Å². The maximum Gasteiger partial charge on any atom is 0.424 e. The lowest BCUT2D eigenvalue weighted by atomic mass is 10.1. The van der Waals surface area contributed by atoms with Crippen LogP contribution >= 0.6 is 11.3 Å². The van der Waals surface area contributed by atoms with Crippen LogP contribution in [0, 0.1) is 0 Å². The fourth-order valence-electron chi connectivity index (χ4n) is 3.96. The summed E-state index contributed by atoms with van der Waals surface area (Å²) in [4.78, 5) is 31.4. The minimum Gasteiger partial charge on any atom is -0.493 e. The third-order valence-electron chi connectivity index (χ3n) is 6.18. The second-order valence-electron chi connectivity index (χ2n) is 8.77. The van der Waals surface area contributed by atoms with E-state index < -0.39 is 11.0 Å². The largest absolute Gasteiger partial charge is 0.493 e. The summed E-state index contributed by atoms with van der Waals surface area (Å²) in [6, 6.07) is 11.6. The van der Waals surface area contributed by atoms with Gasteiger partial charge in [0.2, 0.25) is 5.88 Å². The fourth-order valence-corrected chi connectivity index (χ4v) is 4.84. The number of hydrogen-bond acceptors (Lipinski definition) is 8. The smallest absolute Gasteiger partial charge is 0.424 e. The highest BCUT2D eigenvalue weighted by molar-refractivity contribution is 7.09. The molecule has 2 aromatic heterocycles. The van der Waals surface area contributed by atoms with E-state index in [-0.39, 0.29) is 12.0 Å². The van der Waals surface area contributed by atoms with Crippen LogP contribution in [0.3, 0.4) is 0 Å². The van der Waals surface area contributed by atoms with Gasteiger partial charge < -0.3 is 19.5 Å². The number of ether oxygens (including phenoxy) is 2. The van der Waals surface area contributed by atoms with Crippen molar-refractivity contribution in [1.29, 1.82) is 0 Å². The van der Waals surface area contributed by atoms with Crippen LogP contribution in [0.4, 0.5) is 4.79 Å². The molecule has 0 saturated carbocycles. The number of benzene rings is 1. The molecule has 1 aliphatic heterocycles. The molecule has 4 rings (SSSR count). The highest BCUT2D eigenvalue weighted by Gasteiger charge is 2.25. The summed E-state index contributed by atoms with van der Waals surface area (Å²) in [6.07, 6.45) is 4.28. The Hall–Kier alpha value is -3.17. The van der Waals surface area contributed by atoms with E-state index in [9.17, 15) is 14.7 Å². The summed E-state index contributed by atoms with van der Waals surface area (Å²) in [5.41, 5.74) is 3.09. The maximum atomic E-state index is 12.5. The second kappa shape index (κ2) is 11.5. The Kier molecular flexibility index (Phi) is 8.20. The number of carbonyl (C=O) groups excluding carboxylic acids is 1. The van der Waals surface area contributed by atoms with Gasteiger partial charge in [0.15, 0.2) is 0 Å². The van der Waals surface area contributed by atoms with Crippen molar-refractivity contribution in [2.24, 2.45) is 0 Å². The van der Waals surface area contributed by atoms with Crippen molar-refractivity contribution in [2.45, 2.75) is 45.1 Å². The predicted octanol–water partition coefficient (Wildman–Crippen LogP) is 3.86. The van der Waals surface area contributed by atoms with Gasteiger partial charge in [0, 0.05) is 37.8 Å². The number of rotatable bonds is 8. The van der Waals surface area contributed by atoms with Gasteiger partial charge in [-0.3, -0.25) is 9.78 Å². The van der Waals surface area contributed by atoms with E-state index in [0.717, 1.165) is 58.8 Å². The first-order valence-corrected chi connectivity index (χ1v) is 12.7. The Labute approximate surface area is 208 Å². The third-order valence-corrected chi connectivity index (χ3v) is 7.11. The molecule has 8 nitrogen and oxygen atoms in total. The number of aromatic hydroxyl groups is 1. The molecule has 186 valence electrons. The predicted molar refractivity (Wildman–Crippen MR) is 135 cm³/mol. The monoisotopic (exact) mass is 497 g/mol. The zero-order valence-electron chi connectivity index (χ0n) is 20.1. The van der Waals surface area contributed by atoms with E-state index in [1.54, 1.807) is 0 Å². The lowest BCUT2D eigenvalue weighted by Crippen LogP contribution is -2.37. The van der Waals surface area contributed by atoms with E-state index in [1.165, 1.54) is 5.56 Å². The Morgan fingerprint density at radius 2 is 1.86 bits per heavy atom. The van der Waals surface area contributed by atoms with Gasteiger partial charge in [0.25, 0.3) is 0 Å². The number of piperidine rings is 1. The number of thiazole rings is 1. The summed E-state index contributed by atoms with van der Waals surface area (Å²) in [5, 5.41) is 10.6. The first kappa shape index (κ1) is 24.9. The summed E-state index contributed by atoms with van der Waals surface area (Å²) in [7, 11) is 2.02. The molecule has 0 atom stereocenters. The highest BCUT2D eigenvalue weighted by atomic mass is 32.1. The average Bonchev–Trinajstić information content (AvgIpc) is 3.14. The van der Waals surface area contributed by atoms with Gasteiger partial charge in [-0.05, 0) is 55.6 Å². The second-order valence-corrected chi connectivity index (χ2v) is 9.81. The molecular formula is C26H31N3O5S. The quantitative estimate of drug-likeness (QED) is 0.505. The molecule has 0 radical (unpaired) electrons. The molecule has 0 amide bonds. The standard InChI is InChI=1S/C26H31N3O5S/c1-3-18-4-7-20(27-17-18)12-15-33-21-8-5-19(6-9-21)16-23-24(30)29(26(32)35-23)25(31)34-22-10-13-28(2)14-11-22/h4-9,17,22,30H,3,10-16H2,1-2H3. The molecule has 1 saturated heterocycles. The summed E-state index contributed by atoms with van der Waals surface area (Å²) < 4.78 is 12.0. The summed E-state index contributed by atoms with van der Waals surface area (Å²) >= 11 is 0.855. The van der Waals surface area contributed by atoms with Crippen molar-refractivity contribution >= 4 is 17.4 Å². The molecule has 0 bridgehead atoms. The van der Waals surface area contributed by atoms with Crippen LogP contribution in [0.1, 0.15) is 41.5 Å². The summed E-state index contributed by atoms with van der Waals surface area (Å²) in [6.45, 7) is 4.28. The van der Waals surface area contributed by atoms with Crippen molar-refractivity contribution in [2.75, 3.05) is 26.7 Å². The Balaban J connectivity index is 1.31. The molecule has 0 aliphatic carbocycles. The molecule has 3 heterocycles. The highest BCUT2D eigenvalue weighted by Crippen LogP contribution is 2.25. The Morgan fingerprint density at radius 3 is 2.51 bits per heavy atom. The fraction of sp³-hybridized carbons (Fsp3) is 0.423. The molecule has 9 heteroatoms. The molecule has 1 aliphatic rings. The van der Waals surface area contributed by atoms with Crippen LogP contribution < -0.4 is 9.61 Å². The van der Waals surface area contributed by atoms with Gasteiger partial charge in [-0.25, -0.2) is 4.79 Å². The van der Waals surface area contributed by atoms with Crippen LogP contribution in [0.2, 0.25) is 0 Å². The van der Waals surface area contributed by atoms with Crippen LogP contribution in [0.15, 0.2) is 47.4 Å². The number of aryl methyl sites for hydroxylation is 1. The van der Waals surface area contributed by atoms with Crippen molar-refractivity contribution < 1.29 is 19.4 Å². The lowest BCUT2D eigenvalue weighted by Gasteiger charge is -2.28. The van der Waals surface area contributed by atoms with E-state index >= 15 is 0 Å². The molecule has 1 aromatic carbocycles. The lowest BCUT2D eigenvalue weighted by molar-refractivity contribution is 0.0566. The SMILES string of the molecule is CCc1ccc(CCOc2ccc(Cc3sc(=O)n(C(=O)OC4CCN(C)CC4)c3O)cc2)nc1. The molecule has 0 unspecified atom stereocenters. The van der Waals surface area contributed by atoms with Gasteiger partial charge in [-0.15, -0.1) is 0 Å². The zero-order valence-corrected chi connectivity index (χ0v) is 20.9. The van der Waals surface area contributed by atoms with Crippen molar-refractivity contribution in [3.63, 3.8) is 0 Å². The Morgan fingerprint density at radius 1 is 1.14 bits per heavy atom. The van der Waals surface area contributed by atoms with Crippen LogP contribution in [-0.4, -0.2) is 58.5 Å². The Bertz CT molecular complexity index is 1180. The van der Waals surface area contributed by atoms with E-state index in [0.29, 0.717) is 30.7 Å². The minimum atomic E-state index is -0.813. The van der Waals surface area contributed by atoms with Crippen molar-refractivity contribution in [1.82, 2.24) is 14.5 Å². The van der Waals surface area contributed by atoms with Crippen molar-refractivity contribution in [3.05, 3.63) is 74.0 Å². The number of nitrogens with zero attached hydrogens (tertiary/aromatic N) is 3. The van der Waals surface area contributed by atoms with Gasteiger partial charge in [0.1, 0.15) is 11.9 Å². The average molecular weight is 498 g/mol. The molecule has 0 spiro atoms. The number of pyridine rings is 1.